The Labute approximate surface area is 76.0 Å². The normalized spacial score (nSPS) is 24.0. The van der Waals surface area contributed by atoms with Crippen LogP contribution in [0.25, 0.3) is 0 Å². The summed E-state index contributed by atoms with van der Waals surface area (Å²) in [6, 6.07) is 0.902. The molecule has 1 atom stereocenters. The first-order valence-corrected chi connectivity index (χ1v) is 4.62. The Balaban J connectivity index is 0. The molecule has 1 fully saturated rings. The quantitative estimate of drug-likeness (QED) is 0.694. The lowest BCUT2D eigenvalue weighted by molar-refractivity contribution is 0.152. The van der Waals surface area contributed by atoms with Crippen molar-refractivity contribution in [1.82, 2.24) is 11.1 Å². The summed E-state index contributed by atoms with van der Waals surface area (Å²) in [5.74, 6) is 0. The van der Waals surface area contributed by atoms with Crippen LogP contribution < -0.4 is 6.15 Å². The minimum atomic E-state index is 0. The summed E-state index contributed by atoms with van der Waals surface area (Å²) in [5.41, 5.74) is 0. The first-order chi connectivity index (χ1) is 4.88. The minimum absolute atomic E-state index is 0. The van der Waals surface area contributed by atoms with Gasteiger partial charge in [-0.3, -0.25) is 0 Å². The lowest BCUT2D eigenvalue weighted by Crippen LogP contribution is -2.38. The van der Waals surface area contributed by atoms with Gasteiger partial charge in [0.2, 0.25) is 0 Å². The molecule has 0 aromatic carbocycles. The van der Waals surface area contributed by atoms with Gasteiger partial charge >= 0.3 is 0 Å². The van der Waals surface area contributed by atoms with Crippen LogP contribution in [0.3, 0.4) is 0 Å². The van der Waals surface area contributed by atoms with Gasteiger partial charge in [-0.05, 0) is 32.4 Å². The number of hydrogen-bond donors (Lipinski definition) is 1. The van der Waals surface area contributed by atoms with Crippen LogP contribution in [-0.2, 0) is 0 Å². The van der Waals surface area contributed by atoms with Crippen LogP contribution in [0.4, 0.5) is 0 Å². The third-order valence-electron chi connectivity index (χ3n) is 2.63. The Kier molecular flexibility index (Phi) is 9.03. The van der Waals surface area contributed by atoms with Crippen molar-refractivity contribution in [2.45, 2.75) is 45.6 Å². The second kappa shape index (κ2) is 7.53. The van der Waals surface area contributed by atoms with Crippen molar-refractivity contribution in [1.29, 1.82) is 0 Å². The number of hydrogen-bond acceptors (Lipinski definition) is 2. The summed E-state index contributed by atoms with van der Waals surface area (Å²) in [6.45, 7) is 7.17. The second-order valence-electron chi connectivity index (χ2n) is 3.19. The molecule has 1 rings (SSSR count). The zero-order chi connectivity index (χ0) is 7.40. The standard InChI is InChI=1S/C9H19N.H3N.H2O/c1-3-9-7-5-6-8-10(9)4-2;;/h9H,3-8H2,1-2H3;1H3;1H2. The summed E-state index contributed by atoms with van der Waals surface area (Å²) in [7, 11) is 0. The van der Waals surface area contributed by atoms with E-state index in [0.717, 1.165) is 6.04 Å². The monoisotopic (exact) mass is 176 g/mol. The van der Waals surface area contributed by atoms with Gasteiger partial charge in [-0.1, -0.05) is 20.3 Å². The molecule has 0 aromatic heterocycles. The zero-order valence-corrected chi connectivity index (χ0v) is 8.47. The van der Waals surface area contributed by atoms with E-state index in [0.29, 0.717) is 0 Å². The fourth-order valence-electron chi connectivity index (χ4n) is 1.94. The van der Waals surface area contributed by atoms with E-state index in [1.807, 2.05) is 0 Å². The van der Waals surface area contributed by atoms with Gasteiger partial charge in [0.15, 0.2) is 0 Å². The minimum Gasteiger partial charge on any atom is -0.412 e. The molecule has 0 aromatic rings. The molecule has 0 bridgehead atoms. The SMILES string of the molecule is CCC1CCCCN1CC.N.O. The Morgan fingerprint density at radius 3 is 2.33 bits per heavy atom. The van der Waals surface area contributed by atoms with Crippen LogP contribution >= 0.6 is 0 Å². The molecule has 1 heterocycles. The van der Waals surface area contributed by atoms with E-state index < -0.39 is 0 Å². The Morgan fingerprint density at radius 2 is 1.92 bits per heavy atom. The van der Waals surface area contributed by atoms with Gasteiger partial charge in [-0.25, -0.2) is 0 Å². The molecule has 1 aliphatic heterocycles. The van der Waals surface area contributed by atoms with Crippen molar-refractivity contribution >= 4 is 0 Å². The molecular formula is C9H24N2O. The average Bonchev–Trinajstić information content (AvgIpc) is 2.04. The van der Waals surface area contributed by atoms with Gasteiger partial charge in [0, 0.05) is 6.04 Å². The maximum Gasteiger partial charge on any atom is 0.00925 e. The van der Waals surface area contributed by atoms with Crippen LogP contribution in [0.5, 0.6) is 0 Å². The summed E-state index contributed by atoms with van der Waals surface area (Å²) in [5, 5.41) is 0. The van der Waals surface area contributed by atoms with Crippen molar-refractivity contribution in [2.75, 3.05) is 13.1 Å². The topological polar surface area (TPSA) is 69.7 Å². The molecule has 76 valence electrons. The third-order valence-corrected chi connectivity index (χ3v) is 2.63. The summed E-state index contributed by atoms with van der Waals surface area (Å²) in [6.07, 6.45) is 5.65. The molecule has 5 N–H and O–H groups in total. The highest BCUT2D eigenvalue weighted by molar-refractivity contribution is 4.73. The molecule has 0 spiro atoms. The molecular weight excluding hydrogens is 152 g/mol. The van der Waals surface area contributed by atoms with Crippen molar-refractivity contribution in [3.63, 3.8) is 0 Å². The number of nitrogens with zero attached hydrogens (tertiary/aromatic N) is 1. The van der Waals surface area contributed by atoms with Gasteiger partial charge in [0.25, 0.3) is 0 Å². The van der Waals surface area contributed by atoms with Crippen molar-refractivity contribution < 1.29 is 5.48 Å². The van der Waals surface area contributed by atoms with Gasteiger partial charge in [-0.2, -0.15) is 0 Å². The van der Waals surface area contributed by atoms with Gasteiger partial charge in [0.05, 0.1) is 0 Å². The second-order valence-corrected chi connectivity index (χ2v) is 3.19. The third kappa shape index (κ3) is 3.52. The Morgan fingerprint density at radius 1 is 1.25 bits per heavy atom. The van der Waals surface area contributed by atoms with E-state index in [4.69, 9.17) is 0 Å². The van der Waals surface area contributed by atoms with E-state index in [1.165, 1.54) is 38.8 Å². The van der Waals surface area contributed by atoms with Crippen molar-refractivity contribution in [3.05, 3.63) is 0 Å². The molecule has 0 radical (unpaired) electrons. The fourth-order valence-corrected chi connectivity index (χ4v) is 1.94. The highest BCUT2D eigenvalue weighted by Gasteiger charge is 2.17. The van der Waals surface area contributed by atoms with Crippen molar-refractivity contribution in [3.8, 4) is 0 Å². The molecule has 3 nitrogen and oxygen atoms in total. The smallest absolute Gasteiger partial charge is 0.00925 e. The van der Waals surface area contributed by atoms with Gasteiger partial charge in [0.1, 0.15) is 0 Å². The lowest BCUT2D eigenvalue weighted by Gasteiger charge is -2.34. The summed E-state index contributed by atoms with van der Waals surface area (Å²) in [4.78, 5) is 2.61. The molecule has 3 heteroatoms. The highest BCUT2D eigenvalue weighted by atomic mass is 16.0. The van der Waals surface area contributed by atoms with Crippen LogP contribution in [0.2, 0.25) is 0 Å². The largest absolute Gasteiger partial charge is 0.412 e. The molecule has 0 aliphatic carbocycles. The van der Waals surface area contributed by atoms with Gasteiger partial charge < -0.3 is 16.5 Å². The fraction of sp³-hybridized carbons (Fsp3) is 1.00. The van der Waals surface area contributed by atoms with E-state index >= 15 is 0 Å². The van der Waals surface area contributed by atoms with Crippen LogP contribution in [-0.4, -0.2) is 29.5 Å². The Hall–Kier alpha value is -0.120. The van der Waals surface area contributed by atoms with Crippen molar-refractivity contribution in [2.24, 2.45) is 0 Å². The molecule has 0 amide bonds. The molecule has 1 unspecified atom stereocenters. The van der Waals surface area contributed by atoms with Crippen LogP contribution in [0, 0.1) is 0 Å². The number of piperidine rings is 1. The molecule has 12 heavy (non-hydrogen) atoms. The number of rotatable bonds is 2. The Bertz CT molecular complexity index is 86.5. The van der Waals surface area contributed by atoms with E-state index in [1.54, 1.807) is 0 Å². The van der Waals surface area contributed by atoms with E-state index in [-0.39, 0.29) is 11.6 Å². The van der Waals surface area contributed by atoms with E-state index in [2.05, 4.69) is 18.7 Å². The average molecular weight is 176 g/mol. The molecule has 0 saturated carbocycles. The first-order valence-electron chi connectivity index (χ1n) is 4.62. The molecule has 1 aliphatic rings. The van der Waals surface area contributed by atoms with E-state index in [9.17, 15) is 0 Å². The zero-order valence-electron chi connectivity index (χ0n) is 8.47. The maximum absolute atomic E-state index is 2.61. The predicted molar refractivity (Wildman–Crippen MR) is 53.8 cm³/mol. The summed E-state index contributed by atoms with van der Waals surface area (Å²) < 4.78 is 0. The molecule has 1 saturated heterocycles. The number of likely N-dealkylation sites (tertiary alicyclic amines) is 1. The van der Waals surface area contributed by atoms with Gasteiger partial charge in [-0.15, -0.1) is 0 Å². The first kappa shape index (κ1) is 14.4. The highest BCUT2D eigenvalue weighted by Crippen LogP contribution is 2.18. The maximum atomic E-state index is 2.61. The van der Waals surface area contributed by atoms with Crippen LogP contribution in [0.1, 0.15) is 39.5 Å². The van der Waals surface area contributed by atoms with Crippen LogP contribution in [0.15, 0.2) is 0 Å². The predicted octanol–water partition coefficient (Wildman–Crippen LogP) is 1.61. The lowest BCUT2D eigenvalue weighted by atomic mass is 10.0. The summed E-state index contributed by atoms with van der Waals surface area (Å²) >= 11 is 0.